The molecule has 7 heteroatoms. The van der Waals surface area contributed by atoms with Crippen molar-refractivity contribution in [2.75, 3.05) is 11.1 Å². The first-order valence-corrected chi connectivity index (χ1v) is 8.59. The Kier molecular flexibility index (Phi) is 3.91. The summed E-state index contributed by atoms with van der Waals surface area (Å²) in [4.78, 5) is 16.8. The number of nitrogens with one attached hydrogen (secondary N) is 2. The molecule has 0 aliphatic rings. The van der Waals surface area contributed by atoms with E-state index in [1.165, 1.54) is 11.3 Å². The zero-order valence-corrected chi connectivity index (χ0v) is 14.0. The van der Waals surface area contributed by atoms with E-state index in [0.29, 0.717) is 5.69 Å². The third-order valence-corrected chi connectivity index (χ3v) is 4.73. The van der Waals surface area contributed by atoms with E-state index in [-0.39, 0.29) is 12.3 Å². The summed E-state index contributed by atoms with van der Waals surface area (Å²) in [5.74, 6) is -0.114. The summed E-state index contributed by atoms with van der Waals surface area (Å²) in [6.07, 6.45) is 1.96. The number of aromatic amines is 1. The predicted molar refractivity (Wildman–Crippen MR) is 100 cm³/mol. The minimum atomic E-state index is -0.114. The molecule has 124 valence electrons. The van der Waals surface area contributed by atoms with Crippen LogP contribution in [0.3, 0.4) is 0 Å². The van der Waals surface area contributed by atoms with Gasteiger partial charge in [-0.1, -0.05) is 12.1 Å². The molecule has 0 aliphatic carbocycles. The highest BCUT2D eigenvalue weighted by Crippen LogP contribution is 2.28. The molecule has 0 saturated heterocycles. The van der Waals surface area contributed by atoms with E-state index in [0.717, 1.165) is 32.9 Å². The first-order valence-electron chi connectivity index (χ1n) is 7.71. The van der Waals surface area contributed by atoms with Crippen molar-refractivity contribution in [2.45, 2.75) is 6.42 Å². The minimum Gasteiger partial charge on any atom is -0.398 e. The Balaban J connectivity index is 1.47. The van der Waals surface area contributed by atoms with Gasteiger partial charge in [0.25, 0.3) is 0 Å². The van der Waals surface area contributed by atoms with Gasteiger partial charge in [0.15, 0.2) is 0 Å². The fraction of sp³-hybridized carbons (Fsp3) is 0.0556. The zero-order chi connectivity index (χ0) is 17.2. The van der Waals surface area contributed by atoms with Gasteiger partial charge in [0.2, 0.25) is 5.91 Å². The van der Waals surface area contributed by atoms with Gasteiger partial charge in [-0.3, -0.25) is 9.89 Å². The molecule has 2 aromatic heterocycles. The van der Waals surface area contributed by atoms with Gasteiger partial charge < -0.3 is 11.1 Å². The van der Waals surface area contributed by atoms with Gasteiger partial charge in [-0.2, -0.15) is 5.10 Å². The van der Waals surface area contributed by atoms with E-state index in [9.17, 15) is 4.79 Å². The van der Waals surface area contributed by atoms with Crippen LogP contribution in [-0.4, -0.2) is 21.1 Å². The van der Waals surface area contributed by atoms with Crippen molar-refractivity contribution in [1.82, 2.24) is 15.2 Å². The number of hydrogen-bond acceptors (Lipinski definition) is 5. The molecule has 0 atom stereocenters. The van der Waals surface area contributed by atoms with Gasteiger partial charge in [-0.05, 0) is 30.3 Å². The van der Waals surface area contributed by atoms with E-state index in [1.54, 1.807) is 6.20 Å². The predicted octanol–water partition coefficient (Wildman–Crippen LogP) is 3.45. The van der Waals surface area contributed by atoms with Crippen LogP contribution < -0.4 is 11.1 Å². The molecule has 0 saturated carbocycles. The number of benzene rings is 2. The highest BCUT2D eigenvalue weighted by molar-refractivity contribution is 7.13. The molecule has 25 heavy (non-hydrogen) atoms. The standard InChI is InChI=1S/C18H15N5OS/c19-15-4-2-1-3-14(15)18-22-13(10-25-18)8-17(24)21-12-6-5-11-9-20-23-16(11)7-12/h1-7,9-10H,8,19H2,(H,20,23)(H,21,24). The highest BCUT2D eigenvalue weighted by Gasteiger charge is 2.11. The van der Waals surface area contributed by atoms with Crippen molar-refractivity contribution in [3.63, 3.8) is 0 Å². The molecule has 0 bridgehead atoms. The van der Waals surface area contributed by atoms with E-state index in [2.05, 4.69) is 20.5 Å². The molecule has 0 radical (unpaired) electrons. The lowest BCUT2D eigenvalue weighted by Crippen LogP contribution is -2.14. The molecule has 4 aromatic rings. The average Bonchev–Trinajstić information content (AvgIpc) is 3.24. The summed E-state index contributed by atoms with van der Waals surface area (Å²) < 4.78 is 0. The maximum absolute atomic E-state index is 12.3. The highest BCUT2D eigenvalue weighted by atomic mass is 32.1. The lowest BCUT2D eigenvalue weighted by molar-refractivity contribution is -0.115. The first-order chi connectivity index (χ1) is 12.2. The van der Waals surface area contributed by atoms with Gasteiger partial charge >= 0.3 is 0 Å². The Bertz CT molecular complexity index is 1050. The van der Waals surface area contributed by atoms with Crippen LogP contribution in [0.2, 0.25) is 0 Å². The number of para-hydroxylation sites is 1. The summed E-state index contributed by atoms with van der Waals surface area (Å²) >= 11 is 1.48. The largest absolute Gasteiger partial charge is 0.398 e. The minimum absolute atomic E-state index is 0.114. The molecule has 6 nitrogen and oxygen atoms in total. The molecule has 2 aromatic carbocycles. The number of aromatic nitrogens is 3. The Morgan fingerprint density at radius 1 is 1.24 bits per heavy atom. The lowest BCUT2D eigenvalue weighted by Gasteiger charge is -2.04. The maximum Gasteiger partial charge on any atom is 0.230 e. The van der Waals surface area contributed by atoms with Crippen molar-refractivity contribution in [3.05, 3.63) is 59.7 Å². The molecule has 4 N–H and O–H groups in total. The van der Waals surface area contributed by atoms with Crippen LogP contribution in [0.4, 0.5) is 11.4 Å². The summed E-state index contributed by atoms with van der Waals surface area (Å²) in [5.41, 5.74) is 9.89. The van der Waals surface area contributed by atoms with Crippen LogP contribution in [-0.2, 0) is 11.2 Å². The molecular formula is C18H15N5OS. The number of carbonyl (C=O) groups excluding carboxylic acids is 1. The second kappa shape index (κ2) is 6.37. The van der Waals surface area contributed by atoms with Crippen LogP contribution in [0.1, 0.15) is 5.69 Å². The fourth-order valence-corrected chi connectivity index (χ4v) is 3.45. The second-order valence-electron chi connectivity index (χ2n) is 5.63. The number of nitrogens with two attached hydrogens (primary N) is 1. The number of amides is 1. The average molecular weight is 349 g/mol. The Morgan fingerprint density at radius 3 is 3.00 bits per heavy atom. The monoisotopic (exact) mass is 349 g/mol. The third-order valence-electron chi connectivity index (χ3n) is 3.81. The quantitative estimate of drug-likeness (QED) is 0.492. The summed E-state index contributed by atoms with van der Waals surface area (Å²) in [6, 6.07) is 13.2. The van der Waals surface area contributed by atoms with Gasteiger partial charge in [0.1, 0.15) is 5.01 Å². The molecule has 2 heterocycles. The number of hydrogen-bond donors (Lipinski definition) is 3. The fourth-order valence-electron chi connectivity index (χ4n) is 2.59. The Hall–Kier alpha value is -3.19. The lowest BCUT2D eigenvalue weighted by atomic mass is 10.2. The van der Waals surface area contributed by atoms with E-state index >= 15 is 0 Å². The smallest absolute Gasteiger partial charge is 0.230 e. The Labute approximate surface area is 147 Å². The number of carbonyl (C=O) groups is 1. The number of nitrogens with zero attached hydrogens (tertiary/aromatic N) is 2. The number of H-pyrrole nitrogens is 1. The second-order valence-corrected chi connectivity index (χ2v) is 6.49. The van der Waals surface area contributed by atoms with Crippen molar-refractivity contribution in [3.8, 4) is 10.6 Å². The van der Waals surface area contributed by atoms with Crippen LogP contribution in [0.15, 0.2) is 54.0 Å². The molecule has 0 unspecified atom stereocenters. The van der Waals surface area contributed by atoms with Crippen LogP contribution in [0, 0.1) is 0 Å². The zero-order valence-electron chi connectivity index (χ0n) is 13.2. The van der Waals surface area contributed by atoms with Gasteiger partial charge in [0, 0.05) is 27.7 Å². The van der Waals surface area contributed by atoms with E-state index < -0.39 is 0 Å². The van der Waals surface area contributed by atoms with Crippen molar-refractivity contribution < 1.29 is 4.79 Å². The summed E-state index contributed by atoms with van der Waals surface area (Å²) in [7, 11) is 0. The van der Waals surface area contributed by atoms with Crippen LogP contribution in [0.5, 0.6) is 0 Å². The number of anilines is 2. The summed E-state index contributed by atoms with van der Waals surface area (Å²) in [6.45, 7) is 0. The third kappa shape index (κ3) is 3.22. The molecule has 0 aliphatic heterocycles. The van der Waals surface area contributed by atoms with E-state index in [4.69, 9.17) is 5.73 Å². The molecule has 0 fully saturated rings. The number of nitrogen functional groups attached to an aromatic ring is 1. The van der Waals surface area contributed by atoms with Crippen LogP contribution in [0.25, 0.3) is 21.5 Å². The maximum atomic E-state index is 12.3. The number of thiazole rings is 1. The van der Waals surface area contributed by atoms with E-state index in [1.807, 2.05) is 47.8 Å². The molecule has 0 spiro atoms. The molecular weight excluding hydrogens is 334 g/mol. The first kappa shape index (κ1) is 15.3. The van der Waals surface area contributed by atoms with Gasteiger partial charge in [0.05, 0.1) is 23.8 Å². The van der Waals surface area contributed by atoms with Crippen molar-refractivity contribution in [1.29, 1.82) is 0 Å². The van der Waals surface area contributed by atoms with Gasteiger partial charge in [-0.15, -0.1) is 11.3 Å². The molecule has 1 amide bonds. The van der Waals surface area contributed by atoms with Crippen LogP contribution >= 0.6 is 11.3 Å². The normalized spacial score (nSPS) is 10.9. The molecule has 4 rings (SSSR count). The van der Waals surface area contributed by atoms with Crippen molar-refractivity contribution in [2.24, 2.45) is 0 Å². The Morgan fingerprint density at radius 2 is 2.12 bits per heavy atom. The van der Waals surface area contributed by atoms with Crippen molar-refractivity contribution >= 4 is 39.5 Å². The number of fused-ring (bicyclic) bond motifs is 1. The van der Waals surface area contributed by atoms with Gasteiger partial charge in [-0.25, -0.2) is 4.98 Å². The number of rotatable bonds is 4. The summed E-state index contributed by atoms with van der Waals surface area (Å²) in [5, 5.41) is 13.5. The topological polar surface area (TPSA) is 96.7 Å². The SMILES string of the molecule is Nc1ccccc1-c1nc(CC(=O)Nc2ccc3cn[nH]c3c2)cs1.